The van der Waals surface area contributed by atoms with Crippen molar-refractivity contribution in [1.82, 2.24) is 9.55 Å². The Bertz CT molecular complexity index is 623. The SMILES string of the molecule is COc1cccc2c1nc(CCCl)n2CC1CCCC1C. The lowest BCUT2D eigenvalue weighted by molar-refractivity contribution is 0.363. The van der Waals surface area contributed by atoms with Gasteiger partial charge in [-0.1, -0.05) is 25.8 Å². The topological polar surface area (TPSA) is 27.1 Å². The van der Waals surface area contributed by atoms with E-state index >= 15 is 0 Å². The first-order valence-electron chi connectivity index (χ1n) is 7.82. The molecule has 0 amide bonds. The molecule has 114 valence electrons. The van der Waals surface area contributed by atoms with Crippen LogP contribution in [-0.4, -0.2) is 22.5 Å². The second-order valence-electron chi connectivity index (χ2n) is 6.07. The number of hydrogen-bond acceptors (Lipinski definition) is 2. The lowest BCUT2D eigenvalue weighted by atomic mass is 9.98. The van der Waals surface area contributed by atoms with Crippen LogP contribution in [0.4, 0.5) is 0 Å². The molecule has 0 radical (unpaired) electrons. The molecular formula is C17H23ClN2O. The Morgan fingerprint density at radius 2 is 2.24 bits per heavy atom. The second kappa shape index (κ2) is 6.27. The number of aromatic nitrogens is 2. The highest BCUT2D eigenvalue weighted by atomic mass is 35.5. The Labute approximate surface area is 131 Å². The number of benzene rings is 1. The molecule has 1 saturated carbocycles. The molecule has 1 aliphatic carbocycles. The Morgan fingerprint density at radius 1 is 1.38 bits per heavy atom. The summed E-state index contributed by atoms with van der Waals surface area (Å²) in [5.41, 5.74) is 2.14. The van der Waals surface area contributed by atoms with Crippen molar-refractivity contribution in [3.05, 3.63) is 24.0 Å². The molecule has 3 nitrogen and oxygen atoms in total. The standard InChI is InChI=1S/C17H23ClN2O/c1-12-5-3-6-13(12)11-20-14-7-4-8-15(21-2)17(14)19-16(20)9-10-18/h4,7-8,12-13H,3,5-6,9-11H2,1-2H3. The summed E-state index contributed by atoms with van der Waals surface area (Å²) in [6.07, 6.45) is 4.84. The zero-order valence-corrected chi connectivity index (χ0v) is 13.6. The van der Waals surface area contributed by atoms with Crippen molar-refractivity contribution in [1.29, 1.82) is 0 Å². The maximum absolute atomic E-state index is 5.97. The van der Waals surface area contributed by atoms with E-state index < -0.39 is 0 Å². The first-order chi connectivity index (χ1) is 10.2. The minimum atomic E-state index is 0.603. The van der Waals surface area contributed by atoms with Crippen LogP contribution in [0.15, 0.2) is 18.2 Å². The van der Waals surface area contributed by atoms with E-state index in [9.17, 15) is 0 Å². The normalized spacial score (nSPS) is 22.0. The van der Waals surface area contributed by atoms with Crippen LogP contribution in [0.3, 0.4) is 0 Å². The molecule has 2 unspecified atom stereocenters. The van der Waals surface area contributed by atoms with E-state index in [1.807, 2.05) is 12.1 Å². The summed E-state index contributed by atoms with van der Waals surface area (Å²) >= 11 is 5.97. The Morgan fingerprint density at radius 3 is 2.90 bits per heavy atom. The summed E-state index contributed by atoms with van der Waals surface area (Å²) in [6, 6.07) is 6.16. The number of alkyl halides is 1. The van der Waals surface area contributed by atoms with Crippen LogP contribution in [0.5, 0.6) is 5.75 Å². The lowest BCUT2D eigenvalue weighted by Gasteiger charge is -2.18. The number of rotatable bonds is 5. The fraction of sp³-hybridized carbons (Fsp3) is 0.588. The summed E-state index contributed by atoms with van der Waals surface area (Å²) in [5.74, 6) is 4.09. The van der Waals surface area contributed by atoms with Crippen molar-refractivity contribution >= 4 is 22.6 Å². The zero-order chi connectivity index (χ0) is 14.8. The smallest absolute Gasteiger partial charge is 0.146 e. The molecule has 1 fully saturated rings. The maximum atomic E-state index is 5.97. The number of imidazole rings is 1. The molecule has 0 saturated heterocycles. The van der Waals surface area contributed by atoms with Crippen molar-refractivity contribution in [3.63, 3.8) is 0 Å². The monoisotopic (exact) mass is 306 g/mol. The van der Waals surface area contributed by atoms with Gasteiger partial charge in [0.15, 0.2) is 0 Å². The number of para-hydroxylation sites is 1. The fourth-order valence-electron chi connectivity index (χ4n) is 3.54. The average molecular weight is 307 g/mol. The summed E-state index contributed by atoms with van der Waals surface area (Å²) in [6.45, 7) is 3.43. The average Bonchev–Trinajstić information content (AvgIpc) is 3.05. The molecule has 2 aromatic rings. The molecule has 3 rings (SSSR count). The van der Waals surface area contributed by atoms with Crippen LogP contribution in [-0.2, 0) is 13.0 Å². The third kappa shape index (κ3) is 2.76. The van der Waals surface area contributed by atoms with Gasteiger partial charge in [0, 0.05) is 18.8 Å². The highest BCUT2D eigenvalue weighted by molar-refractivity contribution is 6.17. The zero-order valence-electron chi connectivity index (χ0n) is 12.8. The fourth-order valence-corrected chi connectivity index (χ4v) is 3.71. The quantitative estimate of drug-likeness (QED) is 0.772. The highest BCUT2D eigenvalue weighted by Gasteiger charge is 2.25. The molecule has 1 aliphatic rings. The molecule has 1 heterocycles. The number of methoxy groups -OCH3 is 1. The van der Waals surface area contributed by atoms with E-state index in [1.54, 1.807) is 7.11 Å². The van der Waals surface area contributed by atoms with Gasteiger partial charge in [0.1, 0.15) is 17.1 Å². The molecule has 0 bridgehead atoms. The number of aryl methyl sites for hydroxylation is 1. The van der Waals surface area contributed by atoms with Crippen LogP contribution < -0.4 is 4.74 Å². The number of nitrogens with zero attached hydrogens (tertiary/aromatic N) is 2. The van der Waals surface area contributed by atoms with E-state index in [4.69, 9.17) is 21.3 Å². The van der Waals surface area contributed by atoms with Crippen LogP contribution in [0.25, 0.3) is 11.0 Å². The van der Waals surface area contributed by atoms with Crippen molar-refractivity contribution in [2.24, 2.45) is 11.8 Å². The van der Waals surface area contributed by atoms with E-state index in [1.165, 1.54) is 24.8 Å². The van der Waals surface area contributed by atoms with Gasteiger partial charge in [-0.15, -0.1) is 11.6 Å². The van der Waals surface area contributed by atoms with Crippen molar-refractivity contribution in [2.45, 2.75) is 39.2 Å². The van der Waals surface area contributed by atoms with Crippen LogP contribution >= 0.6 is 11.6 Å². The molecular weight excluding hydrogens is 284 g/mol. The van der Waals surface area contributed by atoms with Gasteiger partial charge in [-0.2, -0.15) is 0 Å². The molecule has 21 heavy (non-hydrogen) atoms. The van der Waals surface area contributed by atoms with Gasteiger partial charge in [0.05, 0.1) is 12.6 Å². The molecule has 0 spiro atoms. The molecule has 0 N–H and O–H groups in total. The molecule has 1 aromatic carbocycles. The summed E-state index contributed by atoms with van der Waals surface area (Å²) < 4.78 is 7.82. The van der Waals surface area contributed by atoms with Crippen LogP contribution in [0, 0.1) is 11.8 Å². The molecule has 1 aromatic heterocycles. The summed E-state index contributed by atoms with van der Waals surface area (Å²) in [4.78, 5) is 4.79. The van der Waals surface area contributed by atoms with Crippen molar-refractivity contribution in [3.8, 4) is 5.75 Å². The van der Waals surface area contributed by atoms with Crippen LogP contribution in [0.2, 0.25) is 0 Å². The predicted molar refractivity (Wildman–Crippen MR) is 87.2 cm³/mol. The van der Waals surface area contributed by atoms with Gasteiger partial charge < -0.3 is 9.30 Å². The largest absolute Gasteiger partial charge is 0.494 e. The van der Waals surface area contributed by atoms with Gasteiger partial charge in [-0.3, -0.25) is 0 Å². The van der Waals surface area contributed by atoms with Gasteiger partial charge in [0.25, 0.3) is 0 Å². The first-order valence-corrected chi connectivity index (χ1v) is 8.36. The van der Waals surface area contributed by atoms with E-state index in [-0.39, 0.29) is 0 Å². The third-order valence-electron chi connectivity index (χ3n) is 4.82. The van der Waals surface area contributed by atoms with Crippen molar-refractivity contribution < 1.29 is 4.74 Å². The van der Waals surface area contributed by atoms with Gasteiger partial charge in [-0.25, -0.2) is 4.98 Å². The Hall–Kier alpha value is -1.22. The highest BCUT2D eigenvalue weighted by Crippen LogP contribution is 2.34. The third-order valence-corrected chi connectivity index (χ3v) is 5.00. The summed E-state index contributed by atoms with van der Waals surface area (Å²) in [5, 5.41) is 0. The number of ether oxygens (including phenoxy) is 1. The minimum Gasteiger partial charge on any atom is -0.494 e. The minimum absolute atomic E-state index is 0.603. The number of hydrogen-bond donors (Lipinski definition) is 0. The Balaban J connectivity index is 2.03. The Kier molecular flexibility index (Phi) is 4.39. The number of fused-ring (bicyclic) bond motifs is 1. The van der Waals surface area contributed by atoms with E-state index in [0.29, 0.717) is 5.88 Å². The van der Waals surface area contributed by atoms with Gasteiger partial charge in [-0.05, 0) is 30.4 Å². The lowest BCUT2D eigenvalue weighted by Crippen LogP contribution is -2.15. The van der Waals surface area contributed by atoms with E-state index in [0.717, 1.165) is 41.9 Å². The van der Waals surface area contributed by atoms with Gasteiger partial charge in [0.2, 0.25) is 0 Å². The maximum Gasteiger partial charge on any atom is 0.146 e. The van der Waals surface area contributed by atoms with Crippen molar-refractivity contribution in [2.75, 3.05) is 13.0 Å². The molecule has 2 atom stereocenters. The molecule has 4 heteroatoms. The van der Waals surface area contributed by atoms with E-state index in [2.05, 4.69) is 17.6 Å². The second-order valence-corrected chi connectivity index (χ2v) is 6.45. The van der Waals surface area contributed by atoms with Crippen LogP contribution in [0.1, 0.15) is 32.0 Å². The molecule has 0 aliphatic heterocycles. The van der Waals surface area contributed by atoms with Gasteiger partial charge >= 0.3 is 0 Å². The predicted octanol–water partition coefficient (Wildman–Crippen LogP) is 4.26. The first kappa shape index (κ1) is 14.7. The number of halogens is 1. The summed E-state index contributed by atoms with van der Waals surface area (Å²) in [7, 11) is 1.70.